The van der Waals surface area contributed by atoms with Gasteiger partial charge in [0.1, 0.15) is 17.1 Å². The van der Waals surface area contributed by atoms with E-state index in [0.29, 0.717) is 0 Å². The van der Waals surface area contributed by atoms with Crippen molar-refractivity contribution in [2.24, 2.45) is 0 Å². The summed E-state index contributed by atoms with van der Waals surface area (Å²) in [7, 11) is 0. The van der Waals surface area contributed by atoms with Crippen molar-refractivity contribution in [2.45, 2.75) is 13.1 Å². The summed E-state index contributed by atoms with van der Waals surface area (Å²) in [6.45, 7) is 1.73. The molecule has 0 aliphatic heterocycles. The van der Waals surface area contributed by atoms with Gasteiger partial charge in [0.2, 0.25) is 0 Å². The number of aromatic carboxylic acids is 1. The number of carbonyl (C=O) groups is 1. The molecule has 6 heteroatoms. The Morgan fingerprint density at radius 1 is 1.14 bits per heavy atom. The minimum Gasteiger partial charge on any atom is -0.478 e. The van der Waals surface area contributed by atoms with Crippen molar-refractivity contribution >= 4 is 5.97 Å². The lowest BCUT2D eigenvalue weighted by molar-refractivity contribution is -0.137. The zero-order valence-corrected chi connectivity index (χ0v) is 10.9. The van der Waals surface area contributed by atoms with E-state index in [2.05, 4.69) is 0 Å². The summed E-state index contributed by atoms with van der Waals surface area (Å²) in [5.41, 5.74) is -0.232. The zero-order valence-electron chi connectivity index (χ0n) is 10.9. The van der Waals surface area contributed by atoms with E-state index in [4.69, 9.17) is 9.84 Å². The third kappa shape index (κ3) is 3.53. The van der Waals surface area contributed by atoms with Crippen molar-refractivity contribution in [1.82, 2.24) is 0 Å². The first-order valence-electron chi connectivity index (χ1n) is 5.96. The van der Waals surface area contributed by atoms with Gasteiger partial charge in [0.15, 0.2) is 0 Å². The second kappa shape index (κ2) is 5.47. The molecule has 0 fully saturated rings. The van der Waals surface area contributed by atoms with Crippen LogP contribution < -0.4 is 4.74 Å². The van der Waals surface area contributed by atoms with Gasteiger partial charge in [0.05, 0.1) is 5.56 Å². The first kappa shape index (κ1) is 14.9. The molecule has 0 aromatic heterocycles. The number of halogens is 3. The molecule has 2 aromatic carbocycles. The highest BCUT2D eigenvalue weighted by molar-refractivity contribution is 5.91. The quantitative estimate of drug-likeness (QED) is 0.906. The Labute approximate surface area is 118 Å². The smallest absolute Gasteiger partial charge is 0.416 e. The van der Waals surface area contributed by atoms with E-state index in [9.17, 15) is 18.0 Å². The number of hydrogen-bond donors (Lipinski definition) is 1. The van der Waals surface area contributed by atoms with Crippen molar-refractivity contribution in [3.8, 4) is 11.5 Å². The maximum atomic E-state index is 12.6. The van der Waals surface area contributed by atoms with Crippen molar-refractivity contribution in [3.05, 3.63) is 59.2 Å². The highest BCUT2D eigenvalue weighted by Crippen LogP contribution is 2.33. The Balaban J connectivity index is 2.39. The van der Waals surface area contributed by atoms with Crippen LogP contribution in [0.15, 0.2) is 42.5 Å². The van der Waals surface area contributed by atoms with Crippen LogP contribution in [0.5, 0.6) is 11.5 Å². The summed E-state index contributed by atoms with van der Waals surface area (Å²) < 4.78 is 43.2. The van der Waals surface area contributed by atoms with Crippen LogP contribution in [0.1, 0.15) is 21.5 Å². The summed E-state index contributed by atoms with van der Waals surface area (Å²) in [5, 5.41) is 9.06. The normalized spacial score (nSPS) is 11.2. The van der Waals surface area contributed by atoms with Crippen LogP contribution in [0.25, 0.3) is 0 Å². The van der Waals surface area contributed by atoms with Crippen LogP contribution in [0, 0.1) is 6.92 Å². The van der Waals surface area contributed by atoms with E-state index in [0.717, 1.165) is 17.7 Å². The summed E-state index contributed by atoms with van der Waals surface area (Å²) >= 11 is 0. The van der Waals surface area contributed by atoms with Gasteiger partial charge in [-0.25, -0.2) is 4.79 Å². The summed E-state index contributed by atoms with van der Waals surface area (Å²) in [4.78, 5) is 11.1. The van der Waals surface area contributed by atoms with E-state index < -0.39 is 17.7 Å². The predicted molar refractivity (Wildman–Crippen MR) is 69.7 cm³/mol. The van der Waals surface area contributed by atoms with Gasteiger partial charge in [-0.15, -0.1) is 0 Å². The van der Waals surface area contributed by atoms with Gasteiger partial charge in [-0.05, 0) is 42.8 Å². The van der Waals surface area contributed by atoms with Crippen molar-refractivity contribution in [3.63, 3.8) is 0 Å². The van der Waals surface area contributed by atoms with E-state index in [-0.39, 0.29) is 17.1 Å². The third-order valence-electron chi connectivity index (χ3n) is 2.76. The SMILES string of the molecule is Cc1ccc(C(=O)O)c(Oc2cccc(C(F)(F)F)c2)c1. The van der Waals surface area contributed by atoms with Crippen molar-refractivity contribution in [1.29, 1.82) is 0 Å². The van der Waals surface area contributed by atoms with Crippen molar-refractivity contribution < 1.29 is 27.8 Å². The standard InChI is InChI=1S/C15H11F3O3/c1-9-5-6-12(14(19)20)13(7-9)21-11-4-2-3-10(8-11)15(16,17)18/h2-8H,1H3,(H,19,20). The summed E-state index contributed by atoms with van der Waals surface area (Å²) in [6, 6.07) is 8.68. The van der Waals surface area contributed by atoms with E-state index in [1.54, 1.807) is 13.0 Å². The Hall–Kier alpha value is -2.50. The van der Waals surface area contributed by atoms with E-state index in [1.807, 2.05) is 0 Å². The fourth-order valence-electron chi connectivity index (χ4n) is 1.75. The molecule has 21 heavy (non-hydrogen) atoms. The van der Waals surface area contributed by atoms with Crippen molar-refractivity contribution in [2.75, 3.05) is 0 Å². The molecule has 0 saturated heterocycles. The summed E-state index contributed by atoms with van der Waals surface area (Å²) in [6.07, 6.45) is -4.48. The van der Waals surface area contributed by atoms with Gasteiger partial charge < -0.3 is 9.84 Å². The molecule has 0 spiro atoms. The van der Waals surface area contributed by atoms with Crippen LogP contribution in [-0.4, -0.2) is 11.1 Å². The maximum Gasteiger partial charge on any atom is 0.416 e. The average Bonchev–Trinajstić information content (AvgIpc) is 2.37. The molecule has 0 radical (unpaired) electrons. The lowest BCUT2D eigenvalue weighted by Gasteiger charge is -2.12. The topological polar surface area (TPSA) is 46.5 Å². The molecular formula is C15H11F3O3. The predicted octanol–water partition coefficient (Wildman–Crippen LogP) is 4.50. The average molecular weight is 296 g/mol. The molecule has 0 saturated carbocycles. The van der Waals surface area contributed by atoms with Crippen LogP contribution in [0.4, 0.5) is 13.2 Å². The minimum atomic E-state index is -4.48. The molecule has 0 aliphatic carbocycles. The first-order chi connectivity index (χ1) is 9.77. The first-order valence-corrected chi connectivity index (χ1v) is 5.96. The van der Waals surface area contributed by atoms with Gasteiger partial charge in [0, 0.05) is 0 Å². The molecule has 2 rings (SSSR count). The van der Waals surface area contributed by atoms with Crippen LogP contribution in [0.2, 0.25) is 0 Å². The van der Waals surface area contributed by atoms with Crippen LogP contribution in [-0.2, 0) is 6.18 Å². The number of carboxylic acids is 1. The second-order valence-corrected chi connectivity index (χ2v) is 4.43. The lowest BCUT2D eigenvalue weighted by atomic mass is 10.1. The Bertz CT molecular complexity index is 678. The van der Waals surface area contributed by atoms with Gasteiger partial charge in [0.25, 0.3) is 0 Å². The lowest BCUT2D eigenvalue weighted by Crippen LogP contribution is -2.05. The van der Waals surface area contributed by atoms with Gasteiger partial charge in [-0.3, -0.25) is 0 Å². The largest absolute Gasteiger partial charge is 0.478 e. The fourth-order valence-corrected chi connectivity index (χ4v) is 1.75. The molecule has 0 aliphatic rings. The highest BCUT2D eigenvalue weighted by Gasteiger charge is 2.30. The van der Waals surface area contributed by atoms with Gasteiger partial charge in [-0.2, -0.15) is 13.2 Å². The number of aryl methyl sites for hydroxylation is 1. The number of ether oxygens (including phenoxy) is 1. The third-order valence-corrected chi connectivity index (χ3v) is 2.76. The fraction of sp³-hybridized carbons (Fsp3) is 0.133. The number of benzene rings is 2. The molecule has 2 aromatic rings. The number of rotatable bonds is 3. The molecule has 1 N–H and O–H groups in total. The molecule has 0 bridgehead atoms. The zero-order chi connectivity index (χ0) is 15.6. The second-order valence-electron chi connectivity index (χ2n) is 4.43. The molecule has 0 unspecified atom stereocenters. The number of hydrogen-bond acceptors (Lipinski definition) is 2. The minimum absolute atomic E-state index is 0.00169. The number of alkyl halides is 3. The van der Waals surface area contributed by atoms with Crippen LogP contribution in [0.3, 0.4) is 0 Å². The molecule has 0 amide bonds. The Morgan fingerprint density at radius 3 is 2.48 bits per heavy atom. The van der Waals surface area contributed by atoms with E-state index >= 15 is 0 Å². The monoisotopic (exact) mass is 296 g/mol. The summed E-state index contributed by atoms with van der Waals surface area (Å²) in [5.74, 6) is -1.28. The molecular weight excluding hydrogens is 285 g/mol. The molecule has 0 atom stereocenters. The number of carboxylic acid groups (broad SMARTS) is 1. The van der Waals surface area contributed by atoms with Crippen LogP contribution >= 0.6 is 0 Å². The molecule has 3 nitrogen and oxygen atoms in total. The van der Waals surface area contributed by atoms with Gasteiger partial charge >= 0.3 is 12.1 Å². The Kier molecular flexibility index (Phi) is 3.88. The van der Waals surface area contributed by atoms with E-state index in [1.165, 1.54) is 24.3 Å². The highest BCUT2D eigenvalue weighted by atomic mass is 19.4. The Morgan fingerprint density at radius 2 is 1.86 bits per heavy atom. The van der Waals surface area contributed by atoms with Gasteiger partial charge in [-0.1, -0.05) is 12.1 Å². The maximum absolute atomic E-state index is 12.6. The molecule has 110 valence electrons. The molecule has 0 heterocycles.